The number of pyridine rings is 1. The van der Waals surface area contributed by atoms with Crippen molar-refractivity contribution >= 4 is 17.5 Å². The van der Waals surface area contributed by atoms with E-state index in [0.717, 1.165) is 11.1 Å². The highest BCUT2D eigenvalue weighted by Gasteiger charge is 2.21. The molecule has 0 aliphatic rings. The third-order valence-corrected chi connectivity index (χ3v) is 4.21. The third kappa shape index (κ3) is 6.51. The first kappa shape index (κ1) is 16.3. The van der Waals surface area contributed by atoms with Gasteiger partial charge >= 0.3 is 6.09 Å². The summed E-state index contributed by atoms with van der Waals surface area (Å²) in [4.78, 5) is 22.4. The second-order valence-electron chi connectivity index (χ2n) is 7.92. The van der Waals surface area contributed by atoms with Crippen molar-refractivity contribution in [2.45, 2.75) is 39.8 Å². The molecule has 0 unspecified atom stereocenters. The van der Waals surface area contributed by atoms with Crippen LogP contribution in [0, 0.1) is 0 Å². The molecule has 0 fully saturated rings. The molecule has 0 radical (unpaired) electrons. The van der Waals surface area contributed by atoms with Gasteiger partial charge in [0.25, 0.3) is 0 Å². The Labute approximate surface area is 191 Å². The highest BCUT2D eigenvalue weighted by atomic mass is 16.6. The Bertz CT molecular complexity index is 1170. The van der Waals surface area contributed by atoms with Gasteiger partial charge in [0.2, 0.25) is 0 Å². The summed E-state index contributed by atoms with van der Waals surface area (Å²) in [5.74, 6) is 0. The fourth-order valence-corrected chi connectivity index (χ4v) is 2.89. The zero-order valence-corrected chi connectivity index (χ0v) is 17.9. The van der Waals surface area contributed by atoms with Crippen LogP contribution in [0.1, 0.15) is 51.2 Å². The van der Waals surface area contributed by atoms with Gasteiger partial charge in [0.05, 0.1) is 24.1 Å². The van der Waals surface area contributed by atoms with Crippen molar-refractivity contribution in [3.63, 3.8) is 0 Å². The number of aromatic nitrogens is 1. The summed E-state index contributed by atoms with van der Waals surface area (Å²) in [6, 6.07) is 20.9. The van der Waals surface area contributed by atoms with E-state index in [1.165, 1.54) is 6.20 Å². The van der Waals surface area contributed by atoms with Gasteiger partial charge in [-0.05, 0) is 39.3 Å². The molecule has 1 heterocycles. The van der Waals surface area contributed by atoms with Crippen LogP contribution in [0.15, 0.2) is 84.1 Å². The lowest BCUT2D eigenvalue weighted by Gasteiger charge is -2.26. The molecule has 5 nitrogen and oxygen atoms in total. The maximum Gasteiger partial charge on any atom is 0.410 e. The fraction of sp³-hybridized carbons (Fsp3) is 0.269. The minimum atomic E-state index is -3.10. The molecule has 0 atom stereocenters. The van der Waals surface area contributed by atoms with E-state index < -0.39 is 25.0 Å². The molecule has 31 heavy (non-hydrogen) atoms. The van der Waals surface area contributed by atoms with Crippen LogP contribution in [0.2, 0.25) is 0 Å². The summed E-state index contributed by atoms with van der Waals surface area (Å²) in [5.41, 5.74) is 2.41. The van der Waals surface area contributed by atoms with Gasteiger partial charge in [-0.3, -0.25) is 4.98 Å². The Morgan fingerprint density at radius 2 is 1.68 bits per heavy atom. The number of hydrogen-bond acceptors (Lipinski definition) is 4. The maximum absolute atomic E-state index is 12.9. The number of hydrogen-bond donors (Lipinski definition) is 0. The largest absolute Gasteiger partial charge is 0.444 e. The van der Waals surface area contributed by atoms with E-state index in [-0.39, 0.29) is 6.54 Å². The SMILES string of the molecule is [2H]C([2H])([2H])C([2H])([2H])N(Cc1cncc(N=C(c2ccccc2)c2ccccc2)c1)C(=O)OC(C)(C)C. The maximum atomic E-state index is 12.9. The Balaban J connectivity index is 2.02. The summed E-state index contributed by atoms with van der Waals surface area (Å²) in [5, 5.41) is 0. The standard InChI is InChI=1S/C26H29N3O2/c1-5-29(25(30)31-26(2,3)4)19-20-16-23(18-27-17-20)28-24(21-12-8-6-9-13-21)22-14-10-7-11-15-22/h6-18H,5,19H2,1-4H3/i1D3,5D2. The molecule has 3 rings (SSSR count). The molecule has 0 saturated carbocycles. The van der Waals surface area contributed by atoms with E-state index in [1.807, 2.05) is 60.7 Å². The lowest BCUT2D eigenvalue weighted by molar-refractivity contribution is 0.0244. The van der Waals surface area contributed by atoms with E-state index in [2.05, 4.69) is 4.98 Å². The highest BCUT2D eigenvalue weighted by Crippen LogP contribution is 2.20. The first-order chi connectivity index (χ1) is 16.8. The van der Waals surface area contributed by atoms with E-state index in [1.54, 1.807) is 33.0 Å². The average molecular weight is 421 g/mol. The fourth-order valence-electron chi connectivity index (χ4n) is 2.89. The molecule has 0 saturated heterocycles. The molecule has 160 valence electrons. The monoisotopic (exact) mass is 420 g/mol. The second-order valence-corrected chi connectivity index (χ2v) is 7.92. The summed E-state index contributed by atoms with van der Waals surface area (Å²) in [7, 11) is 0. The number of nitrogens with zero attached hydrogens (tertiary/aromatic N) is 3. The molecule has 5 heteroatoms. The van der Waals surface area contributed by atoms with Gasteiger partial charge in [-0.2, -0.15) is 0 Å². The van der Waals surface area contributed by atoms with E-state index in [4.69, 9.17) is 16.6 Å². The van der Waals surface area contributed by atoms with E-state index in [0.29, 0.717) is 21.9 Å². The summed E-state index contributed by atoms with van der Waals surface area (Å²) in [6.45, 7) is -1.57. The molecule has 0 spiro atoms. The first-order valence-corrected chi connectivity index (χ1v) is 9.92. The smallest absolute Gasteiger partial charge is 0.410 e. The molecule has 3 aromatic rings. The van der Waals surface area contributed by atoms with Crippen LogP contribution < -0.4 is 0 Å². The normalized spacial score (nSPS) is 14.2. The Hall–Kier alpha value is -3.47. The molecule has 0 N–H and O–H groups in total. The van der Waals surface area contributed by atoms with Gasteiger partial charge in [-0.15, -0.1) is 0 Å². The predicted molar refractivity (Wildman–Crippen MR) is 125 cm³/mol. The van der Waals surface area contributed by atoms with E-state index >= 15 is 0 Å². The van der Waals surface area contributed by atoms with Gasteiger partial charge in [0.15, 0.2) is 0 Å². The van der Waals surface area contributed by atoms with Crippen LogP contribution in [-0.2, 0) is 11.3 Å². The molecule has 2 aromatic carbocycles. The molecule has 0 aliphatic carbocycles. The molecule has 1 aromatic heterocycles. The van der Waals surface area contributed by atoms with Crippen LogP contribution in [0.3, 0.4) is 0 Å². The topological polar surface area (TPSA) is 54.8 Å². The summed E-state index contributed by atoms with van der Waals surface area (Å²) < 4.78 is 44.7. The van der Waals surface area contributed by atoms with Crippen LogP contribution in [0.25, 0.3) is 0 Å². The number of amides is 1. The zero-order chi connectivity index (χ0) is 26.6. The summed E-state index contributed by atoms with van der Waals surface area (Å²) >= 11 is 0. The van der Waals surface area contributed by atoms with Crippen molar-refractivity contribution in [2.75, 3.05) is 6.50 Å². The molecular weight excluding hydrogens is 386 g/mol. The van der Waals surface area contributed by atoms with Crippen molar-refractivity contribution in [1.29, 1.82) is 0 Å². The highest BCUT2D eigenvalue weighted by molar-refractivity contribution is 6.13. The van der Waals surface area contributed by atoms with Gasteiger partial charge in [0.1, 0.15) is 5.60 Å². The molecule has 0 bridgehead atoms. The van der Waals surface area contributed by atoms with Crippen LogP contribution in [0.5, 0.6) is 0 Å². The zero-order valence-electron chi connectivity index (χ0n) is 22.9. The summed E-state index contributed by atoms with van der Waals surface area (Å²) in [6.07, 6.45) is 1.91. The van der Waals surface area contributed by atoms with Crippen LogP contribution in [-0.4, -0.2) is 33.8 Å². The molecule has 1 amide bonds. The minimum absolute atomic E-state index is 0.372. The van der Waals surface area contributed by atoms with Crippen LogP contribution in [0.4, 0.5) is 10.5 Å². The van der Waals surface area contributed by atoms with Gasteiger partial charge in [0, 0.05) is 30.7 Å². The van der Waals surface area contributed by atoms with Gasteiger partial charge in [-0.1, -0.05) is 60.7 Å². The second kappa shape index (κ2) is 10.0. The van der Waals surface area contributed by atoms with Crippen molar-refractivity contribution in [1.82, 2.24) is 9.88 Å². The minimum Gasteiger partial charge on any atom is -0.444 e. The lowest BCUT2D eigenvalue weighted by Crippen LogP contribution is -2.36. The third-order valence-electron chi connectivity index (χ3n) is 4.21. The van der Waals surface area contributed by atoms with E-state index in [9.17, 15) is 4.79 Å². The van der Waals surface area contributed by atoms with Gasteiger partial charge in [-0.25, -0.2) is 9.79 Å². The van der Waals surface area contributed by atoms with Gasteiger partial charge < -0.3 is 9.64 Å². The number of aliphatic imine (C=N–C) groups is 1. The Morgan fingerprint density at radius 1 is 1.06 bits per heavy atom. The molecular formula is C26H29N3O2. The van der Waals surface area contributed by atoms with Crippen molar-refractivity contribution in [3.05, 3.63) is 95.8 Å². The number of carbonyl (C=O) groups is 1. The van der Waals surface area contributed by atoms with Crippen molar-refractivity contribution in [3.8, 4) is 0 Å². The first-order valence-electron chi connectivity index (χ1n) is 12.4. The number of ether oxygens (including phenoxy) is 1. The van der Waals surface area contributed by atoms with Crippen LogP contribution >= 0.6 is 0 Å². The number of carbonyl (C=O) groups excluding carboxylic acids is 1. The molecule has 0 aliphatic heterocycles. The predicted octanol–water partition coefficient (Wildman–Crippen LogP) is 6.01. The Morgan fingerprint density at radius 3 is 2.23 bits per heavy atom. The number of benzene rings is 2. The quantitative estimate of drug-likeness (QED) is 0.459. The average Bonchev–Trinajstić information content (AvgIpc) is 2.80. The lowest BCUT2D eigenvalue weighted by atomic mass is 10.0. The van der Waals surface area contributed by atoms with Crippen molar-refractivity contribution in [2.24, 2.45) is 4.99 Å². The van der Waals surface area contributed by atoms with Crippen molar-refractivity contribution < 1.29 is 16.4 Å². The number of rotatable bonds is 6. The Kier molecular flexibility index (Phi) is 5.26.